The summed E-state index contributed by atoms with van der Waals surface area (Å²) >= 11 is 3.54. The van der Waals surface area contributed by atoms with Crippen LogP contribution in [-0.4, -0.2) is 24.5 Å². The Morgan fingerprint density at radius 1 is 1.53 bits per heavy atom. The smallest absolute Gasteiger partial charge is 0.0320 e. The van der Waals surface area contributed by atoms with Gasteiger partial charge in [0.25, 0.3) is 0 Å². The summed E-state index contributed by atoms with van der Waals surface area (Å²) in [4.78, 5) is 2.54. The highest BCUT2D eigenvalue weighted by atomic mass is 79.9. The van der Waals surface area contributed by atoms with Crippen LogP contribution in [0.3, 0.4) is 0 Å². The topological polar surface area (TPSA) is 29.3 Å². The van der Waals surface area contributed by atoms with Crippen molar-refractivity contribution < 1.29 is 0 Å². The predicted molar refractivity (Wildman–Crippen MR) is 75.9 cm³/mol. The van der Waals surface area contributed by atoms with E-state index in [1.54, 1.807) is 0 Å². The standard InChI is InChI=1S/C14H21BrN2/c1-11(12-4-3-5-13(15)8-12)17-7-6-14(2,9-16)10-17/h3-5,8,11H,6-7,9-10,16H2,1-2H3. The van der Waals surface area contributed by atoms with Gasteiger partial charge in [-0.15, -0.1) is 0 Å². The van der Waals surface area contributed by atoms with E-state index in [1.807, 2.05) is 0 Å². The molecule has 0 amide bonds. The monoisotopic (exact) mass is 296 g/mol. The molecule has 1 aromatic carbocycles. The second-order valence-corrected chi connectivity index (χ2v) is 6.38. The van der Waals surface area contributed by atoms with Crippen LogP contribution in [0.25, 0.3) is 0 Å². The van der Waals surface area contributed by atoms with E-state index in [2.05, 4.69) is 58.9 Å². The first kappa shape index (κ1) is 13.1. The van der Waals surface area contributed by atoms with Crippen molar-refractivity contribution in [2.75, 3.05) is 19.6 Å². The molecule has 2 nitrogen and oxygen atoms in total. The van der Waals surface area contributed by atoms with Crippen molar-refractivity contribution in [1.29, 1.82) is 0 Å². The minimum Gasteiger partial charge on any atom is -0.330 e. The van der Waals surface area contributed by atoms with Gasteiger partial charge in [0.15, 0.2) is 0 Å². The Balaban J connectivity index is 2.09. The lowest BCUT2D eigenvalue weighted by atomic mass is 9.90. The Hall–Kier alpha value is -0.380. The largest absolute Gasteiger partial charge is 0.330 e. The molecule has 2 unspecified atom stereocenters. The van der Waals surface area contributed by atoms with Crippen LogP contribution in [0.4, 0.5) is 0 Å². The molecule has 1 aliphatic heterocycles. The second-order valence-electron chi connectivity index (χ2n) is 5.47. The van der Waals surface area contributed by atoms with Gasteiger partial charge in [-0.3, -0.25) is 4.90 Å². The molecule has 1 aromatic rings. The van der Waals surface area contributed by atoms with E-state index in [-0.39, 0.29) is 0 Å². The fourth-order valence-electron chi connectivity index (χ4n) is 2.54. The van der Waals surface area contributed by atoms with E-state index in [9.17, 15) is 0 Å². The normalized spacial score (nSPS) is 27.3. The van der Waals surface area contributed by atoms with Crippen LogP contribution < -0.4 is 5.73 Å². The van der Waals surface area contributed by atoms with E-state index in [1.165, 1.54) is 12.0 Å². The summed E-state index contributed by atoms with van der Waals surface area (Å²) in [6.45, 7) is 7.62. The van der Waals surface area contributed by atoms with Gasteiger partial charge in [0.2, 0.25) is 0 Å². The van der Waals surface area contributed by atoms with Gasteiger partial charge in [-0.1, -0.05) is 35.0 Å². The Morgan fingerprint density at radius 3 is 2.88 bits per heavy atom. The number of likely N-dealkylation sites (tertiary alicyclic amines) is 1. The maximum Gasteiger partial charge on any atom is 0.0320 e. The highest BCUT2D eigenvalue weighted by Crippen LogP contribution is 2.34. The van der Waals surface area contributed by atoms with Crippen molar-refractivity contribution in [3.8, 4) is 0 Å². The summed E-state index contributed by atoms with van der Waals surface area (Å²) in [6.07, 6.45) is 1.21. The van der Waals surface area contributed by atoms with Crippen molar-refractivity contribution in [3.05, 3.63) is 34.3 Å². The van der Waals surface area contributed by atoms with Crippen LogP contribution >= 0.6 is 15.9 Å². The average Bonchev–Trinajstić information content (AvgIpc) is 2.72. The van der Waals surface area contributed by atoms with Crippen LogP contribution in [0, 0.1) is 5.41 Å². The van der Waals surface area contributed by atoms with Crippen LogP contribution in [0.1, 0.15) is 31.9 Å². The fraction of sp³-hybridized carbons (Fsp3) is 0.571. The van der Waals surface area contributed by atoms with Gasteiger partial charge >= 0.3 is 0 Å². The van der Waals surface area contributed by atoms with Crippen molar-refractivity contribution in [2.24, 2.45) is 11.1 Å². The number of halogens is 1. The van der Waals surface area contributed by atoms with Crippen LogP contribution in [-0.2, 0) is 0 Å². The van der Waals surface area contributed by atoms with Crippen LogP contribution in [0.5, 0.6) is 0 Å². The summed E-state index contributed by atoms with van der Waals surface area (Å²) in [5, 5.41) is 0. The maximum atomic E-state index is 5.86. The first-order valence-corrected chi connectivity index (χ1v) is 7.03. The molecular weight excluding hydrogens is 276 g/mol. The highest BCUT2D eigenvalue weighted by Gasteiger charge is 2.34. The summed E-state index contributed by atoms with van der Waals surface area (Å²) < 4.78 is 1.16. The molecule has 1 fully saturated rings. The van der Waals surface area contributed by atoms with Gasteiger partial charge in [0.05, 0.1) is 0 Å². The molecule has 0 bridgehead atoms. The molecule has 0 aliphatic carbocycles. The lowest BCUT2D eigenvalue weighted by molar-refractivity contribution is 0.227. The van der Waals surface area contributed by atoms with Crippen molar-refractivity contribution in [2.45, 2.75) is 26.3 Å². The van der Waals surface area contributed by atoms with Crippen molar-refractivity contribution in [3.63, 3.8) is 0 Å². The number of benzene rings is 1. The number of nitrogens with zero attached hydrogens (tertiary/aromatic N) is 1. The third-order valence-corrected chi connectivity index (χ3v) is 4.45. The van der Waals surface area contributed by atoms with E-state index in [4.69, 9.17) is 5.73 Å². The minimum atomic E-state index is 0.306. The molecule has 94 valence electrons. The SMILES string of the molecule is CC(c1cccc(Br)c1)N1CCC(C)(CN)C1. The lowest BCUT2D eigenvalue weighted by Crippen LogP contribution is -2.32. The van der Waals surface area contributed by atoms with Gasteiger partial charge in [0.1, 0.15) is 0 Å². The minimum absolute atomic E-state index is 0.306. The third-order valence-electron chi connectivity index (χ3n) is 3.96. The zero-order chi connectivity index (χ0) is 12.5. The van der Waals surface area contributed by atoms with Gasteiger partial charge < -0.3 is 5.73 Å². The highest BCUT2D eigenvalue weighted by molar-refractivity contribution is 9.10. The quantitative estimate of drug-likeness (QED) is 0.928. The number of hydrogen-bond donors (Lipinski definition) is 1. The fourth-order valence-corrected chi connectivity index (χ4v) is 2.95. The Kier molecular flexibility index (Phi) is 3.91. The Bertz CT molecular complexity index is 394. The molecule has 0 spiro atoms. The zero-order valence-corrected chi connectivity index (χ0v) is 12.2. The molecule has 0 saturated carbocycles. The molecule has 0 aromatic heterocycles. The molecule has 1 aliphatic rings. The number of hydrogen-bond acceptors (Lipinski definition) is 2. The summed E-state index contributed by atoms with van der Waals surface area (Å²) in [6, 6.07) is 9.06. The van der Waals surface area contributed by atoms with E-state index < -0.39 is 0 Å². The molecule has 1 saturated heterocycles. The Labute approximate surface area is 112 Å². The lowest BCUT2D eigenvalue weighted by Gasteiger charge is -2.27. The van der Waals surface area contributed by atoms with E-state index >= 15 is 0 Å². The van der Waals surface area contributed by atoms with Crippen LogP contribution in [0.15, 0.2) is 28.7 Å². The summed E-state index contributed by atoms with van der Waals surface area (Å²) in [7, 11) is 0. The zero-order valence-electron chi connectivity index (χ0n) is 10.6. The summed E-state index contributed by atoms with van der Waals surface area (Å²) in [5.74, 6) is 0. The average molecular weight is 297 g/mol. The Morgan fingerprint density at radius 2 is 2.29 bits per heavy atom. The molecule has 0 radical (unpaired) electrons. The van der Waals surface area contributed by atoms with Gasteiger partial charge in [0, 0.05) is 17.1 Å². The van der Waals surface area contributed by atoms with E-state index in [0.717, 1.165) is 24.1 Å². The molecule has 2 rings (SSSR count). The molecule has 2 N–H and O–H groups in total. The number of nitrogens with two attached hydrogens (primary N) is 1. The van der Waals surface area contributed by atoms with Gasteiger partial charge in [-0.05, 0) is 49.5 Å². The van der Waals surface area contributed by atoms with Crippen molar-refractivity contribution in [1.82, 2.24) is 4.90 Å². The second kappa shape index (κ2) is 5.09. The number of rotatable bonds is 3. The van der Waals surface area contributed by atoms with Crippen molar-refractivity contribution >= 4 is 15.9 Å². The van der Waals surface area contributed by atoms with Gasteiger partial charge in [-0.2, -0.15) is 0 Å². The molecule has 2 atom stereocenters. The van der Waals surface area contributed by atoms with E-state index in [0.29, 0.717) is 11.5 Å². The maximum absolute atomic E-state index is 5.86. The molecule has 1 heterocycles. The van der Waals surface area contributed by atoms with Gasteiger partial charge in [-0.25, -0.2) is 0 Å². The summed E-state index contributed by atoms with van der Waals surface area (Å²) in [5.41, 5.74) is 7.54. The van der Waals surface area contributed by atoms with Crippen LogP contribution in [0.2, 0.25) is 0 Å². The molecular formula is C14H21BrN2. The first-order valence-electron chi connectivity index (χ1n) is 6.24. The predicted octanol–water partition coefficient (Wildman–Crippen LogP) is 3.18. The third kappa shape index (κ3) is 2.90. The molecule has 3 heteroatoms. The molecule has 17 heavy (non-hydrogen) atoms. The first-order chi connectivity index (χ1) is 8.04.